The minimum atomic E-state index is 0.200. The highest BCUT2D eigenvalue weighted by Gasteiger charge is 2.37. The van der Waals surface area contributed by atoms with Crippen LogP contribution in [-0.4, -0.2) is 6.10 Å². The average Bonchev–Trinajstić information content (AvgIpc) is 2.85. The lowest BCUT2D eigenvalue weighted by atomic mass is 10.1. The zero-order chi connectivity index (χ0) is 8.55. The van der Waals surface area contributed by atoms with E-state index < -0.39 is 0 Å². The first-order valence-electron chi connectivity index (χ1n) is 3.85. The Kier molecular flexibility index (Phi) is 1.91. The van der Waals surface area contributed by atoms with Gasteiger partial charge in [0, 0.05) is 5.02 Å². The van der Waals surface area contributed by atoms with Crippen molar-refractivity contribution in [3.63, 3.8) is 0 Å². The number of rotatable bonds is 2. The van der Waals surface area contributed by atoms with Crippen LogP contribution in [0.1, 0.15) is 11.7 Å². The molecule has 12 heavy (non-hydrogen) atoms. The number of hydrogen-bond donors (Lipinski definition) is 0. The SMILES string of the molecule is C=CC1O[C@H]1c1ccc(Cl)cc1. The van der Waals surface area contributed by atoms with Gasteiger partial charge in [-0.15, -0.1) is 6.58 Å². The standard InChI is InChI=1S/C10H9ClO/c1-2-9-10(12-9)7-3-5-8(11)6-4-7/h2-6,9-10H,1H2/t9?,10-/m0/s1. The summed E-state index contributed by atoms with van der Waals surface area (Å²) in [4.78, 5) is 0. The van der Waals surface area contributed by atoms with E-state index in [0.29, 0.717) is 0 Å². The van der Waals surface area contributed by atoms with Gasteiger partial charge in [-0.3, -0.25) is 0 Å². The Morgan fingerprint density at radius 2 is 2.00 bits per heavy atom. The second-order valence-corrected chi connectivity index (χ2v) is 3.24. The predicted octanol–water partition coefficient (Wildman–Crippen LogP) is 2.97. The molecule has 62 valence electrons. The van der Waals surface area contributed by atoms with Crippen molar-refractivity contribution in [1.29, 1.82) is 0 Å². The fourth-order valence-corrected chi connectivity index (χ4v) is 1.35. The number of ether oxygens (including phenoxy) is 1. The maximum Gasteiger partial charge on any atom is 0.113 e. The zero-order valence-electron chi connectivity index (χ0n) is 6.53. The lowest BCUT2D eigenvalue weighted by Crippen LogP contribution is -1.82. The highest BCUT2D eigenvalue weighted by molar-refractivity contribution is 6.30. The van der Waals surface area contributed by atoms with Crippen LogP contribution in [0.3, 0.4) is 0 Å². The molecule has 0 spiro atoms. The first kappa shape index (κ1) is 7.84. The molecule has 0 aromatic heterocycles. The van der Waals surface area contributed by atoms with E-state index in [2.05, 4.69) is 6.58 Å². The van der Waals surface area contributed by atoms with Crippen LogP contribution in [0.4, 0.5) is 0 Å². The second-order valence-electron chi connectivity index (χ2n) is 2.81. The van der Waals surface area contributed by atoms with Gasteiger partial charge in [-0.25, -0.2) is 0 Å². The summed E-state index contributed by atoms with van der Waals surface area (Å²) in [6, 6.07) is 7.71. The van der Waals surface area contributed by atoms with Crippen LogP contribution in [0.2, 0.25) is 5.02 Å². The van der Waals surface area contributed by atoms with Gasteiger partial charge in [0.05, 0.1) is 0 Å². The van der Waals surface area contributed by atoms with Gasteiger partial charge in [0.25, 0.3) is 0 Å². The predicted molar refractivity (Wildman–Crippen MR) is 49.3 cm³/mol. The monoisotopic (exact) mass is 180 g/mol. The summed E-state index contributed by atoms with van der Waals surface area (Å²) < 4.78 is 5.33. The Balaban J connectivity index is 2.15. The minimum absolute atomic E-state index is 0.200. The average molecular weight is 181 g/mol. The largest absolute Gasteiger partial charge is 0.360 e. The Hall–Kier alpha value is -0.790. The van der Waals surface area contributed by atoms with Crippen molar-refractivity contribution in [2.24, 2.45) is 0 Å². The molecule has 1 unspecified atom stereocenters. The topological polar surface area (TPSA) is 12.5 Å². The van der Waals surface area contributed by atoms with Gasteiger partial charge in [0.2, 0.25) is 0 Å². The summed E-state index contributed by atoms with van der Waals surface area (Å²) in [7, 11) is 0. The first-order valence-corrected chi connectivity index (χ1v) is 4.22. The lowest BCUT2D eigenvalue weighted by Gasteiger charge is -1.94. The molecule has 2 rings (SSSR count). The molecule has 1 nitrogen and oxygen atoms in total. The van der Waals surface area contributed by atoms with Crippen LogP contribution >= 0.6 is 11.6 Å². The van der Waals surface area contributed by atoms with Crippen LogP contribution in [0, 0.1) is 0 Å². The van der Waals surface area contributed by atoms with Gasteiger partial charge in [-0.05, 0) is 17.7 Å². The highest BCUT2D eigenvalue weighted by atomic mass is 35.5. The van der Waals surface area contributed by atoms with Crippen molar-refractivity contribution in [1.82, 2.24) is 0 Å². The van der Waals surface area contributed by atoms with Crippen LogP contribution in [0.25, 0.3) is 0 Å². The van der Waals surface area contributed by atoms with Crippen LogP contribution in [-0.2, 0) is 4.74 Å². The molecule has 0 radical (unpaired) electrons. The molecular formula is C10H9ClO. The molecule has 1 aromatic carbocycles. The van der Waals surface area contributed by atoms with Crippen LogP contribution in [0.5, 0.6) is 0 Å². The molecule has 1 fully saturated rings. The Morgan fingerprint density at radius 1 is 1.33 bits per heavy atom. The normalized spacial score (nSPS) is 26.8. The summed E-state index contributed by atoms with van der Waals surface area (Å²) in [5.41, 5.74) is 1.17. The van der Waals surface area contributed by atoms with Crippen LogP contribution < -0.4 is 0 Å². The van der Waals surface area contributed by atoms with Crippen molar-refractivity contribution in [2.45, 2.75) is 12.2 Å². The van der Waals surface area contributed by atoms with E-state index in [1.54, 1.807) is 0 Å². The van der Waals surface area contributed by atoms with Crippen molar-refractivity contribution < 1.29 is 4.74 Å². The Labute approximate surface area is 76.6 Å². The van der Waals surface area contributed by atoms with E-state index >= 15 is 0 Å². The molecule has 0 N–H and O–H groups in total. The third-order valence-corrected chi connectivity index (χ3v) is 2.21. The van der Waals surface area contributed by atoms with Gasteiger partial charge in [0.15, 0.2) is 0 Å². The lowest BCUT2D eigenvalue weighted by molar-refractivity contribution is 0.394. The molecule has 2 atom stereocenters. The number of hydrogen-bond acceptors (Lipinski definition) is 1. The Morgan fingerprint density at radius 3 is 2.50 bits per heavy atom. The second kappa shape index (κ2) is 2.92. The van der Waals surface area contributed by atoms with Gasteiger partial charge < -0.3 is 4.74 Å². The highest BCUT2D eigenvalue weighted by Crippen LogP contribution is 2.39. The fourth-order valence-electron chi connectivity index (χ4n) is 1.22. The summed E-state index contributed by atoms with van der Waals surface area (Å²) in [6.07, 6.45) is 2.23. The van der Waals surface area contributed by atoms with Crippen molar-refractivity contribution >= 4 is 11.6 Å². The fraction of sp³-hybridized carbons (Fsp3) is 0.200. The molecule has 1 aromatic rings. The number of epoxide rings is 1. The van der Waals surface area contributed by atoms with E-state index in [1.807, 2.05) is 30.3 Å². The van der Waals surface area contributed by atoms with Crippen molar-refractivity contribution in [3.05, 3.63) is 47.5 Å². The van der Waals surface area contributed by atoms with E-state index in [1.165, 1.54) is 5.56 Å². The molecule has 1 heterocycles. The molecule has 0 saturated carbocycles. The maximum atomic E-state index is 5.75. The zero-order valence-corrected chi connectivity index (χ0v) is 7.29. The van der Waals surface area contributed by atoms with E-state index in [4.69, 9.17) is 16.3 Å². The molecule has 1 aliphatic heterocycles. The Bertz CT molecular complexity index is 291. The quantitative estimate of drug-likeness (QED) is 0.504. The summed E-state index contributed by atoms with van der Waals surface area (Å²) in [5.74, 6) is 0. The van der Waals surface area contributed by atoms with E-state index in [-0.39, 0.29) is 12.2 Å². The van der Waals surface area contributed by atoms with Crippen molar-refractivity contribution in [2.75, 3.05) is 0 Å². The third kappa shape index (κ3) is 1.38. The maximum absolute atomic E-state index is 5.75. The van der Waals surface area contributed by atoms with E-state index in [0.717, 1.165) is 5.02 Å². The first-order chi connectivity index (χ1) is 5.81. The van der Waals surface area contributed by atoms with Crippen molar-refractivity contribution in [3.8, 4) is 0 Å². The van der Waals surface area contributed by atoms with Gasteiger partial charge in [0.1, 0.15) is 12.2 Å². The van der Waals surface area contributed by atoms with Gasteiger partial charge in [-0.1, -0.05) is 29.8 Å². The molecule has 0 aliphatic carbocycles. The summed E-state index contributed by atoms with van der Waals surface area (Å²) >= 11 is 5.75. The number of halogens is 1. The molecule has 0 bridgehead atoms. The smallest absolute Gasteiger partial charge is 0.113 e. The molecule has 1 aliphatic rings. The molecule has 1 saturated heterocycles. The van der Waals surface area contributed by atoms with E-state index in [9.17, 15) is 0 Å². The third-order valence-electron chi connectivity index (χ3n) is 1.96. The number of benzene rings is 1. The minimum Gasteiger partial charge on any atom is -0.360 e. The summed E-state index contributed by atoms with van der Waals surface area (Å²) in [6.45, 7) is 3.66. The molecule has 0 amide bonds. The molecular weight excluding hydrogens is 172 g/mol. The summed E-state index contributed by atoms with van der Waals surface area (Å²) in [5, 5.41) is 0.759. The van der Waals surface area contributed by atoms with Gasteiger partial charge >= 0.3 is 0 Å². The van der Waals surface area contributed by atoms with Crippen LogP contribution in [0.15, 0.2) is 36.9 Å². The molecule has 2 heteroatoms. The van der Waals surface area contributed by atoms with Gasteiger partial charge in [-0.2, -0.15) is 0 Å².